The summed E-state index contributed by atoms with van der Waals surface area (Å²) in [6.45, 7) is 3.50. The maximum atomic E-state index is 12.2. The van der Waals surface area contributed by atoms with Crippen LogP contribution in [0.25, 0.3) is 0 Å². The van der Waals surface area contributed by atoms with E-state index in [2.05, 4.69) is 36.4 Å². The zero-order valence-corrected chi connectivity index (χ0v) is 19.8. The number of halogens is 1. The number of aryl methyl sites for hydroxylation is 1. The maximum Gasteiger partial charge on any atom is 0.251 e. The number of hydrogen-bond donors (Lipinski definition) is 3. The molecule has 1 saturated carbocycles. The molecule has 2 fully saturated rings. The van der Waals surface area contributed by atoms with Crippen molar-refractivity contribution in [2.45, 2.75) is 50.3 Å². The normalized spacial score (nSPS) is 23.9. The molecule has 1 aliphatic carbocycles. The Kier molecular flexibility index (Phi) is 6.93. The fourth-order valence-electron chi connectivity index (χ4n) is 4.58. The van der Waals surface area contributed by atoms with Crippen LogP contribution in [0.15, 0.2) is 47.1 Å². The van der Waals surface area contributed by atoms with E-state index < -0.39 is 5.60 Å². The first kappa shape index (κ1) is 22.9. The summed E-state index contributed by atoms with van der Waals surface area (Å²) in [6, 6.07) is 11.6. The summed E-state index contributed by atoms with van der Waals surface area (Å²) in [7, 11) is 0. The molecule has 1 aromatic carbocycles. The molecule has 0 unspecified atom stereocenters. The first-order valence-corrected chi connectivity index (χ1v) is 11.8. The van der Waals surface area contributed by atoms with Crippen LogP contribution in [0.4, 0.5) is 0 Å². The number of hydrogen-bond acceptors (Lipinski definition) is 5. The van der Waals surface area contributed by atoms with Gasteiger partial charge in [0.1, 0.15) is 5.60 Å². The van der Waals surface area contributed by atoms with Gasteiger partial charge in [0.25, 0.3) is 5.91 Å². The summed E-state index contributed by atoms with van der Waals surface area (Å²) in [5, 5.41) is 16.7. The Morgan fingerprint density at radius 2 is 1.97 bits per heavy atom. The van der Waals surface area contributed by atoms with Gasteiger partial charge in [0.15, 0.2) is 0 Å². The first-order chi connectivity index (χ1) is 15.3. The maximum absolute atomic E-state index is 12.2. The van der Waals surface area contributed by atoms with Crippen LogP contribution in [0.5, 0.6) is 0 Å². The molecule has 2 aromatic rings. The molecule has 2 heterocycles. The molecule has 1 aliphatic heterocycles. The molecule has 0 atom stereocenters. The molecule has 32 heavy (non-hydrogen) atoms. The van der Waals surface area contributed by atoms with Gasteiger partial charge in [-0.05, 0) is 72.8 Å². The SMILES string of the molecule is Cc1cccc(C(=O)NCC(=O)NC2CN([C@H]3CC[C@@](O)(c4ccc(Br)cn4)CC3)C2)c1. The van der Waals surface area contributed by atoms with Gasteiger partial charge in [-0.3, -0.25) is 19.5 Å². The summed E-state index contributed by atoms with van der Waals surface area (Å²) in [4.78, 5) is 31.1. The lowest BCUT2D eigenvalue weighted by molar-refractivity contribution is -0.122. The Hall–Kier alpha value is -2.29. The molecule has 8 heteroatoms. The highest BCUT2D eigenvalue weighted by Crippen LogP contribution is 2.38. The van der Waals surface area contributed by atoms with Crippen LogP contribution in [0.1, 0.15) is 47.3 Å². The van der Waals surface area contributed by atoms with E-state index in [9.17, 15) is 14.7 Å². The third-order valence-electron chi connectivity index (χ3n) is 6.47. The number of nitrogens with zero attached hydrogens (tertiary/aromatic N) is 2. The molecular weight excluding hydrogens is 472 g/mol. The van der Waals surface area contributed by atoms with Crippen molar-refractivity contribution < 1.29 is 14.7 Å². The number of nitrogens with one attached hydrogen (secondary N) is 2. The number of aliphatic hydroxyl groups is 1. The molecule has 170 valence electrons. The molecule has 2 amide bonds. The number of pyridine rings is 1. The van der Waals surface area contributed by atoms with Gasteiger partial charge in [0.05, 0.1) is 18.3 Å². The molecule has 1 aromatic heterocycles. The highest BCUT2D eigenvalue weighted by Gasteiger charge is 2.41. The van der Waals surface area contributed by atoms with Crippen LogP contribution in [-0.4, -0.2) is 58.5 Å². The number of benzene rings is 1. The zero-order chi connectivity index (χ0) is 22.7. The minimum Gasteiger partial charge on any atom is -0.384 e. The molecule has 0 bridgehead atoms. The highest BCUT2D eigenvalue weighted by molar-refractivity contribution is 9.10. The average molecular weight is 501 g/mol. The average Bonchev–Trinajstić information content (AvgIpc) is 2.75. The van der Waals surface area contributed by atoms with E-state index >= 15 is 0 Å². The first-order valence-electron chi connectivity index (χ1n) is 11.0. The summed E-state index contributed by atoms with van der Waals surface area (Å²) in [5.41, 5.74) is 1.44. The molecule has 2 aliphatic rings. The van der Waals surface area contributed by atoms with Crippen molar-refractivity contribution in [3.8, 4) is 0 Å². The second kappa shape index (κ2) is 9.68. The van der Waals surface area contributed by atoms with Crippen LogP contribution in [0.3, 0.4) is 0 Å². The van der Waals surface area contributed by atoms with Gasteiger partial charge in [0.2, 0.25) is 5.91 Å². The van der Waals surface area contributed by atoms with Crippen LogP contribution >= 0.6 is 15.9 Å². The van der Waals surface area contributed by atoms with Crippen molar-refractivity contribution in [2.24, 2.45) is 0 Å². The lowest BCUT2D eigenvalue weighted by atomic mass is 9.78. The van der Waals surface area contributed by atoms with Crippen LogP contribution < -0.4 is 10.6 Å². The van der Waals surface area contributed by atoms with E-state index in [1.165, 1.54) is 0 Å². The monoisotopic (exact) mass is 500 g/mol. The van der Waals surface area contributed by atoms with Gasteiger partial charge in [-0.25, -0.2) is 0 Å². The Balaban J connectivity index is 1.17. The number of rotatable bonds is 6. The highest BCUT2D eigenvalue weighted by atomic mass is 79.9. The number of carbonyl (C=O) groups is 2. The van der Waals surface area contributed by atoms with Crippen molar-refractivity contribution in [3.63, 3.8) is 0 Å². The van der Waals surface area contributed by atoms with E-state index in [0.29, 0.717) is 24.4 Å². The molecule has 0 spiro atoms. The van der Waals surface area contributed by atoms with Gasteiger partial charge in [-0.1, -0.05) is 17.7 Å². The minimum absolute atomic E-state index is 0.0279. The quantitative estimate of drug-likeness (QED) is 0.566. The van der Waals surface area contributed by atoms with Gasteiger partial charge >= 0.3 is 0 Å². The van der Waals surface area contributed by atoms with Gasteiger partial charge < -0.3 is 15.7 Å². The van der Waals surface area contributed by atoms with Crippen LogP contribution in [0.2, 0.25) is 0 Å². The Labute approximate surface area is 196 Å². The fourth-order valence-corrected chi connectivity index (χ4v) is 4.82. The van der Waals surface area contributed by atoms with E-state index in [1.54, 1.807) is 18.3 Å². The second-order valence-electron chi connectivity index (χ2n) is 8.89. The largest absolute Gasteiger partial charge is 0.384 e. The van der Waals surface area contributed by atoms with Gasteiger partial charge in [0, 0.05) is 35.4 Å². The number of aromatic nitrogens is 1. The zero-order valence-electron chi connectivity index (χ0n) is 18.2. The van der Waals surface area contributed by atoms with Gasteiger partial charge in [-0.15, -0.1) is 0 Å². The smallest absolute Gasteiger partial charge is 0.251 e. The van der Waals surface area contributed by atoms with E-state index in [1.807, 2.05) is 31.2 Å². The van der Waals surface area contributed by atoms with Crippen molar-refractivity contribution >= 4 is 27.7 Å². The Morgan fingerprint density at radius 1 is 1.22 bits per heavy atom. The lowest BCUT2D eigenvalue weighted by Crippen LogP contribution is -2.63. The van der Waals surface area contributed by atoms with Crippen molar-refractivity contribution in [3.05, 3.63) is 63.9 Å². The minimum atomic E-state index is -0.856. The molecule has 1 saturated heterocycles. The van der Waals surface area contributed by atoms with Crippen molar-refractivity contribution in [1.29, 1.82) is 0 Å². The van der Waals surface area contributed by atoms with E-state index in [0.717, 1.165) is 41.7 Å². The Morgan fingerprint density at radius 3 is 2.62 bits per heavy atom. The van der Waals surface area contributed by atoms with Crippen molar-refractivity contribution in [2.75, 3.05) is 19.6 Å². The number of carbonyl (C=O) groups excluding carboxylic acids is 2. The topological polar surface area (TPSA) is 94.6 Å². The third kappa shape index (κ3) is 5.36. The lowest BCUT2D eigenvalue weighted by Gasteiger charge is -2.48. The predicted molar refractivity (Wildman–Crippen MR) is 125 cm³/mol. The summed E-state index contributed by atoms with van der Waals surface area (Å²) in [6.07, 6.45) is 4.91. The van der Waals surface area contributed by atoms with Crippen LogP contribution in [0, 0.1) is 6.92 Å². The van der Waals surface area contributed by atoms with Crippen LogP contribution in [-0.2, 0) is 10.4 Å². The second-order valence-corrected chi connectivity index (χ2v) is 9.81. The summed E-state index contributed by atoms with van der Waals surface area (Å²) < 4.78 is 0.905. The summed E-state index contributed by atoms with van der Waals surface area (Å²) >= 11 is 3.38. The van der Waals surface area contributed by atoms with Crippen molar-refractivity contribution in [1.82, 2.24) is 20.5 Å². The molecule has 7 nitrogen and oxygen atoms in total. The van der Waals surface area contributed by atoms with E-state index in [4.69, 9.17) is 0 Å². The third-order valence-corrected chi connectivity index (χ3v) is 6.94. The number of amides is 2. The molecular formula is C24H29BrN4O3. The Bertz CT molecular complexity index is 967. The standard InChI is InChI=1S/C24H29BrN4O3/c1-16-3-2-4-17(11-16)23(31)27-13-22(30)28-19-14-29(15-19)20-7-9-24(32,10-8-20)21-6-5-18(25)12-26-21/h2-6,11-12,19-20,32H,7-10,13-15H2,1H3,(H,27,31)(H,28,30)/t20-,24-. The molecule has 4 rings (SSSR count). The fraction of sp³-hybridized carbons (Fsp3) is 0.458. The molecule has 3 N–H and O–H groups in total. The predicted octanol–water partition coefficient (Wildman–Crippen LogP) is 2.51. The summed E-state index contributed by atoms with van der Waals surface area (Å²) in [5.74, 6) is -0.413. The number of likely N-dealkylation sites (tertiary alicyclic amines) is 1. The van der Waals surface area contributed by atoms with Gasteiger partial charge in [-0.2, -0.15) is 0 Å². The van der Waals surface area contributed by atoms with E-state index in [-0.39, 0.29) is 24.4 Å². The molecule has 0 radical (unpaired) electrons.